The van der Waals surface area contributed by atoms with Crippen molar-refractivity contribution in [2.75, 3.05) is 0 Å². The Morgan fingerprint density at radius 2 is 1.96 bits per heavy atom. The molecule has 1 heterocycles. The van der Waals surface area contributed by atoms with Crippen molar-refractivity contribution in [3.8, 4) is 0 Å². The molecule has 152 valence electrons. The zero-order chi connectivity index (χ0) is 20.3. The average Bonchev–Trinajstić information content (AvgIpc) is 2.95. The van der Waals surface area contributed by atoms with Gasteiger partial charge in [-0.2, -0.15) is 0 Å². The Morgan fingerprint density at radius 1 is 1.29 bits per heavy atom. The number of rotatable bonds is 5. The lowest BCUT2D eigenvalue weighted by Gasteiger charge is -2.64. The monoisotopic (exact) mass is 388 g/mol. The molecule has 1 saturated heterocycles. The van der Waals surface area contributed by atoms with Gasteiger partial charge in [0.25, 0.3) is 0 Å². The van der Waals surface area contributed by atoms with Gasteiger partial charge >= 0.3 is 13.1 Å². The van der Waals surface area contributed by atoms with Crippen LogP contribution in [0, 0.1) is 17.3 Å². The fourth-order valence-electron chi connectivity index (χ4n) is 5.76. The predicted molar refractivity (Wildman–Crippen MR) is 104 cm³/mol. The van der Waals surface area contributed by atoms with Crippen molar-refractivity contribution in [1.82, 2.24) is 5.32 Å². The summed E-state index contributed by atoms with van der Waals surface area (Å²) in [6.45, 7) is 6.46. The highest BCUT2D eigenvalue weighted by molar-refractivity contribution is 6.45. The van der Waals surface area contributed by atoms with Crippen molar-refractivity contribution < 1.29 is 24.3 Å². The molecular weight excluding hydrogens is 359 g/mol. The topological polar surface area (TPSA) is 114 Å². The van der Waals surface area contributed by atoms with Gasteiger partial charge < -0.3 is 30.6 Å². The van der Waals surface area contributed by atoms with Crippen LogP contribution in [0.2, 0.25) is 0 Å². The van der Waals surface area contributed by atoms with Crippen molar-refractivity contribution in [2.45, 2.75) is 63.5 Å². The largest absolute Gasteiger partial charge is 0.517 e. The lowest BCUT2D eigenvalue weighted by atomic mass is 9.43. The minimum atomic E-state index is -1.93. The van der Waals surface area contributed by atoms with E-state index in [-0.39, 0.29) is 17.4 Å². The molecule has 6 atom stereocenters. The summed E-state index contributed by atoms with van der Waals surface area (Å²) < 4.78 is 12.7. The highest BCUT2D eigenvalue weighted by atomic mass is 16.8. The highest BCUT2D eigenvalue weighted by Crippen LogP contribution is 2.67. The molecule has 1 unspecified atom stereocenters. The molecule has 28 heavy (non-hydrogen) atoms. The summed E-state index contributed by atoms with van der Waals surface area (Å²) in [6.07, 6.45) is 1.86. The summed E-state index contributed by atoms with van der Waals surface area (Å²) in [7, 11) is -1.93. The van der Waals surface area contributed by atoms with Gasteiger partial charge in [-0.1, -0.05) is 44.2 Å². The minimum Gasteiger partial charge on any atom is -0.424 e. The maximum absolute atomic E-state index is 11.7. The molecule has 1 aromatic carbocycles. The zero-order valence-corrected chi connectivity index (χ0v) is 16.6. The molecule has 4 fully saturated rings. The van der Waals surface area contributed by atoms with Gasteiger partial charge in [0.05, 0.1) is 17.7 Å². The lowest BCUT2D eigenvalue weighted by molar-refractivity contribution is -0.220. The first kappa shape index (κ1) is 19.7. The molecule has 1 aromatic rings. The number of urea groups is 1. The molecule has 8 heteroatoms. The van der Waals surface area contributed by atoms with E-state index in [9.17, 15) is 14.8 Å². The third-order valence-electron chi connectivity index (χ3n) is 7.45. The van der Waals surface area contributed by atoms with E-state index >= 15 is 0 Å². The average molecular weight is 388 g/mol. The summed E-state index contributed by atoms with van der Waals surface area (Å²) in [6, 6.07) is 7.84. The number of primary amides is 1. The number of benzene rings is 1. The number of ether oxygens (including phenoxy) is 2. The molecule has 7 nitrogen and oxygen atoms in total. The third kappa shape index (κ3) is 2.77. The quantitative estimate of drug-likeness (QED) is 0.567. The second-order valence-electron chi connectivity index (χ2n) is 9.28. The van der Waals surface area contributed by atoms with Gasteiger partial charge in [-0.25, -0.2) is 4.79 Å². The number of nitrogens with two attached hydrogens (primary N) is 1. The van der Waals surface area contributed by atoms with E-state index in [4.69, 9.17) is 15.2 Å². The van der Waals surface area contributed by atoms with Crippen LogP contribution in [0.4, 0.5) is 4.79 Å². The summed E-state index contributed by atoms with van der Waals surface area (Å²) in [5.41, 5.74) is 3.98. The number of nitrogens with one attached hydrogen (secondary N) is 1. The van der Waals surface area contributed by atoms with Crippen molar-refractivity contribution in [1.29, 1.82) is 0 Å². The van der Waals surface area contributed by atoms with E-state index in [1.54, 1.807) is 0 Å². The Labute approximate surface area is 165 Å². The van der Waals surface area contributed by atoms with Crippen LogP contribution in [0.5, 0.6) is 0 Å². The maximum atomic E-state index is 11.7. The molecule has 0 spiro atoms. The Morgan fingerprint density at radius 3 is 2.54 bits per heavy atom. The normalized spacial score (nSPS) is 38.8. The molecule has 2 amide bonds. The predicted octanol–water partition coefficient (Wildman–Crippen LogP) is 1.21. The molecule has 1 aliphatic heterocycles. The van der Waals surface area contributed by atoms with Gasteiger partial charge in [0.1, 0.15) is 0 Å². The van der Waals surface area contributed by atoms with Gasteiger partial charge in [0.15, 0.2) is 0 Å². The van der Waals surface area contributed by atoms with Gasteiger partial charge in [-0.3, -0.25) is 0 Å². The molecule has 4 aliphatic rings. The van der Waals surface area contributed by atoms with Crippen LogP contribution >= 0.6 is 0 Å². The highest BCUT2D eigenvalue weighted by Gasteiger charge is 2.73. The fraction of sp³-hybridized carbons (Fsp3) is 0.650. The van der Waals surface area contributed by atoms with Gasteiger partial charge in [0.2, 0.25) is 5.69 Å². The Balaban J connectivity index is 1.69. The van der Waals surface area contributed by atoms with E-state index < -0.39 is 30.5 Å². The van der Waals surface area contributed by atoms with Crippen LogP contribution < -0.4 is 11.1 Å². The second-order valence-corrected chi connectivity index (χ2v) is 9.28. The SMILES string of the molecule is CC1(C)[C@@H]2C[C@H]3OC(B(O)O)([C@@H](Cc4ccccc4)NC(N)=O)O[C@@]3(C)[C@H]1C2. The molecule has 0 aromatic heterocycles. The van der Waals surface area contributed by atoms with Crippen molar-refractivity contribution in [3.05, 3.63) is 35.9 Å². The van der Waals surface area contributed by atoms with Crippen molar-refractivity contribution in [3.63, 3.8) is 0 Å². The van der Waals surface area contributed by atoms with E-state index in [2.05, 4.69) is 19.2 Å². The van der Waals surface area contributed by atoms with Gasteiger partial charge in [-0.05, 0) is 49.0 Å². The third-order valence-corrected chi connectivity index (χ3v) is 7.45. The van der Waals surface area contributed by atoms with Crippen LogP contribution in [0.1, 0.15) is 39.2 Å². The smallest absolute Gasteiger partial charge is 0.424 e. The molecule has 3 saturated carbocycles. The number of hydrogen-bond acceptors (Lipinski definition) is 5. The van der Waals surface area contributed by atoms with E-state index in [1.165, 1.54) is 0 Å². The minimum absolute atomic E-state index is 0.108. The molecule has 2 bridgehead atoms. The molecule has 3 aliphatic carbocycles. The van der Waals surface area contributed by atoms with Crippen molar-refractivity contribution in [2.24, 2.45) is 23.0 Å². The van der Waals surface area contributed by atoms with Gasteiger partial charge in [-0.15, -0.1) is 0 Å². The number of carbonyl (C=O) groups excluding carboxylic acids is 1. The Bertz CT molecular complexity index is 760. The Hall–Kier alpha value is -1.61. The maximum Gasteiger partial charge on any atom is 0.517 e. The van der Waals surface area contributed by atoms with Crippen LogP contribution in [-0.4, -0.2) is 46.6 Å². The van der Waals surface area contributed by atoms with Crippen LogP contribution in [0.3, 0.4) is 0 Å². The van der Waals surface area contributed by atoms with E-state index in [1.807, 2.05) is 37.3 Å². The van der Waals surface area contributed by atoms with Gasteiger partial charge in [0, 0.05) is 0 Å². The van der Waals surface area contributed by atoms with Crippen LogP contribution in [0.15, 0.2) is 30.3 Å². The van der Waals surface area contributed by atoms with E-state index in [0.29, 0.717) is 12.3 Å². The molecule has 5 N–H and O–H groups in total. The first-order valence-corrected chi connectivity index (χ1v) is 9.93. The number of amides is 2. The van der Waals surface area contributed by atoms with Crippen LogP contribution in [-0.2, 0) is 15.9 Å². The zero-order valence-electron chi connectivity index (χ0n) is 16.6. The first-order valence-electron chi connectivity index (χ1n) is 9.93. The second kappa shape index (κ2) is 6.45. The van der Waals surface area contributed by atoms with E-state index in [0.717, 1.165) is 18.4 Å². The summed E-state index contributed by atoms with van der Waals surface area (Å²) in [5.74, 6) is 0.762. The summed E-state index contributed by atoms with van der Waals surface area (Å²) >= 11 is 0. The Kier molecular flexibility index (Phi) is 4.54. The van der Waals surface area contributed by atoms with Crippen LogP contribution in [0.25, 0.3) is 0 Å². The fourth-order valence-corrected chi connectivity index (χ4v) is 5.76. The van der Waals surface area contributed by atoms with Crippen molar-refractivity contribution >= 4 is 13.1 Å². The lowest BCUT2D eigenvalue weighted by Crippen LogP contribution is -2.67. The summed E-state index contributed by atoms with van der Waals surface area (Å²) in [5, 5.41) is 23.4. The number of carbonyl (C=O) groups is 1. The first-order chi connectivity index (χ1) is 13.1. The molecular formula is C20H29BN2O5. The summed E-state index contributed by atoms with van der Waals surface area (Å²) in [4.78, 5) is 11.7. The standard InChI is InChI=1S/C20H29BN2O5/c1-18(2)13-10-14(18)19(3)16(11-13)27-20(28-19,21(25)26)15(23-17(22)24)9-12-7-5-4-6-8-12/h4-8,13-16,25-26H,9-11H2,1-3H3,(H3,22,23,24)/t13-,14-,15+,16+,19-,20?/m0/s1. The molecule has 0 radical (unpaired) electrons. The molecule has 5 rings (SSSR count). The number of hydrogen-bond donors (Lipinski definition) is 4.